The van der Waals surface area contributed by atoms with Crippen LogP contribution < -0.4 is 15.5 Å². The summed E-state index contributed by atoms with van der Waals surface area (Å²) in [6.07, 6.45) is 1.15. The maximum atomic E-state index is 12.4. The summed E-state index contributed by atoms with van der Waals surface area (Å²) < 4.78 is 5.04. The summed E-state index contributed by atoms with van der Waals surface area (Å²) in [6, 6.07) is 11.2. The lowest BCUT2D eigenvalue weighted by Gasteiger charge is -2.18. The number of nitrogens with one attached hydrogen (secondary N) is 2. The van der Waals surface area contributed by atoms with Gasteiger partial charge in [-0.2, -0.15) is 0 Å². The molecular formula is C22H23N3O5. The van der Waals surface area contributed by atoms with Gasteiger partial charge in [-0.25, -0.2) is 9.59 Å². The number of esters is 1. The van der Waals surface area contributed by atoms with Crippen LogP contribution >= 0.6 is 0 Å². The molecule has 0 aromatic heterocycles. The average Bonchev–Trinajstić information content (AvgIpc) is 3.14. The van der Waals surface area contributed by atoms with Crippen molar-refractivity contribution in [2.45, 2.75) is 26.7 Å². The highest BCUT2D eigenvalue weighted by molar-refractivity contribution is 6.05. The lowest BCUT2D eigenvalue weighted by molar-refractivity contribution is -0.123. The first-order valence-electron chi connectivity index (χ1n) is 9.60. The lowest BCUT2D eigenvalue weighted by atomic mass is 10.1. The van der Waals surface area contributed by atoms with E-state index in [0.717, 1.165) is 17.5 Å². The maximum absolute atomic E-state index is 12.4. The van der Waals surface area contributed by atoms with Gasteiger partial charge in [0.1, 0.15) is 0 Å². The summed E-state index contributed by atoms with van der Waals surface area (Å²) in [7, 11) is 0. The first-order valence-corrected chi connectivity index (χ1v) is 9.60. The zero-order valence-corrected chi connectivity index (χ0v) is 16.9. The van der Waals surface area contributed by atoms with Crippen molar-refractivity contribution in [2.75, 3.05) is 23.4 Å². The Bertz CT molecular complexity index is 1000. The Balaban J connectivity index is 1.55. The quantitative estimate of drug-likeness (QED) is 0.739. The van der Waals surface area contributed by atoms with E-state index in [1.807, 2.05) is 19.9 Å². The average molecular weight is 409 g/mol. The molecule has 30 heavy (non-hydrogen) atoms. The summed E-state index contributed by atoms with van der Waals surface area (Å²) in [5.41, 5.74) is 3.28. The number of ether oxygens (including phenoxy) is 1. The minimum Gasteiger partial charge on any atom is -0.452 e. The second-order valence-electron chi connectivity index (χ2n) is 7.04. The molecule has 0 aliphatic carbocycles. The zero-order chi connectivity index (χ0) is 21.7. The third-order valence-electron chi connectivity index (χ3n) is 4.84. The number of benzene rings is 2. The van der Waals surface area contributed by atoms with E-state index in [0.29, 0.717) is 24.3 Å². The summed E-state index contributed by atoms with van der Waals surface area (Å²) in [6.45, 7) is 3.77. The Morgan fingerprint density at radius 1 is 1.07 bits per heavy atom. The van der Waals surface area contributed by atoms with Crippen LogP contribution in [-0.4, -0.2) is 37.0 Å². The van der Waals surface area contributed by atoms with Gasteiger partial charge in [-0.1, -0.05) is 18.2 Å². The van der Waals surface area contributed by atoms with Crippen LogP contribution in [0.5, 0.6) is 0 Å². The van der Waals surface area contributed by atoms with Crippen LogP contribution in [0, 0.1) is 13.8 Å². The van der Waals surface area contributed by atoms with Crippen molar-refractivity contribution in [3.63, 3.8) is 0 Å². The first kappa shape index (κ1) is 21.0. The molecule has 1 saturated heterocycles. The molecule has 4 amide bonds. The number of para-hydroxylation sites is 1. The molecule has 2 aromatic carbocycles. The van der Waals surface area contributed by atoms with Crippen molar-refractivity contribution >= 4 is 35.2 Å². The molecule has 2 N–H and O–H groups in total. The van der Waals surface area contributed by atoms with Gasteiger partial charge in [0.15, 0.2) is 6.61 Å². The predicted molar refractivity (Wildman–Crippen MR) is 111 cm³/mol. The van der Waals surface area contributed by atoms with E-state index in [4.69, 9.17) is 4.74 Å². The van der Waals surface area contributed by atoms with E-state index in [2.05, 4.69) is 10.6 Å². The van der Waals surface area contributed by atoms with E-state index < -0.39 is 24.5 Å². The van der Waals surface area contributed by atoms with Crippen molar-refractivity contribution in [1.82, 2.24) is 5.32 Å². The van der Waals surface area contributed by atoms with Gasteiger partial charge in [0.2, 0.25) is 5.91 Å². The van der Waals surface area contributed by atoms with Crippen LogP contribution in [0.1, 0.15) is 34.3 Å². The number of hydrogen-bond donors (Lipinski definition) is 2. The minimum atomic E-state index is -0.764. The number of nitrogens with zero attached hydrogens (tertiary/aromatic N) is 1. The molecule has 0 bridgehead atoms. The van der Waals surface area contributed by atoms with E-state index in [1.165, 1.54) is 11.0 Å². The number of amides is 4. The van der Waals surface area contributed by atoms with Gasteiger partial charge in [0.05, 0.1) is 11.3 Å². The number of carbonyl (C=O) groups is 4. The topological polar surface area (TPSA) is 105 Å². The molecule has 0 radical (unpaired) electrons. The first-order chi connectivity index (χ1) is 14.3. The zero-order valence-electron chi connectivity index (χ0n) is 16.9. The van der Waals surface area contributed by atoms with Crippen LogP contribution in [0.3, 0.4) is 0 Å². The number of rotatable bonds is 5. The monoisotopic (exact) mass is 409 g/mol. The molecule has 0 saturated carbocycles. The molecule has 0 unspecified atom stereocenters. The van der Waals surface area contributed by atoms with E-state index >= 15 is 0 Å². The molecule has 0 spiro atoms. The Morgan fingerprint density at radius 2 is 1.83 bits per heavy atom. The summed E-state index contributed by atoms with van der Waals surface area (Å²) in [5.74, 6) is -1.56. The third kappa shape index (κ3) is 5.02. The normalized spacial score (nSPS) is 13.1. The van der Waals surface area contributed by atoms with Gasteiger partial charge in [-0.3, -0.25) is 14.9 Å². The smallest absolute Gasteiger partial charge is 0.340 e. The van der Waals surface area contributed by atoms with Gasteiger partial charge in [-0.15, -0.1) is 0 Å². The minimum absolute atomic E-state index is 0.0593. The molecule has 1 heterocycles. The highest BCUT2D eigenvalue weighted by Crippen LogP contribution is 2.26. The van der Waals surface area contributed by atoms with Crippen molar-refractivity contribution in [3.8, 4) is 0 Å². The van der Waals surface area contributed by atoms with Crippen LogP contribution in [-0.2, 0) is 14.3 Å². The number of urea groups is 1. The SMILES string of the molecule is Cc1ccc(NC(=O)NC(=O)COC(=O)c2ccccc2N2CCCC2=O)cc1C. The highest BCUT2D eigenvalue weighted by atomic mass is 16.5. The second kappa shape index (κ2) is 9.21. The summed E-state index contributed by atoms with van der Waals surface area (Å²) in [4.78, 5) is 49.9. The molecule has 1 aliphatic rings. The van der Waals surface area contributed by atoms with E-state index in [-0.39, 0.29) is 11.5 Å². The predicted octanol–water partition coefficient (Wildman–Crippen LogP) is 2.94. The van der Waals surface area contributed by atoms with Gasteiger partial charge in [0.25, 0.3) is 5.91 Å². The number of hydrogen-bond acceptors (Lipinski definition) is 5. The molecular weight excluding hydrogens is 386 g/mol. The molecule has 156 valence electrons. The van der Waals surface area contributed by atoms with E-state index in [1.54, 1.807) is 30.3 Å². The van der Waals surface area contributed by atoms with Crippen molar-refractivity contribution < 1.29 is 23.9 Å². The molecule has 8 heteroatoms. The number of imide groups is 1. The molecule has 8 nitrogen and oxygen atoms in total. The van der Waals surface area contributed by atoms with Gasteiger partial charge in [-0.05, 0) is 55.7 Å². The molecule has 1 aliphatic heterocycles. The van der Waals surface area contributed by atoms with Gasteiger partial charge in [0, 0.05) is 18.7 Å². The number of aryl methyl sites for hydroxylation is 2. The van der Waals surface area contributed by atoms with Crippen molar-refractivity contribution in [2.24, 2.45) is 0 Å². The highest BCUT2D eigenvalue weighted by Gasteiger charge is 2.26. The Morgan fingerprint density at radius 3 is 2.53 bits per heavy atom. The standard InChI is InChI=1S/C22H23N3O5/c1-14-9-10-16(12-15(14)2)23-22(29)24-19(26)13-30-21(28)17-6-3-4-7-18(17)25-11-5-8-20(25)27/h3-4,6-7,9-10,12H,5,8,11,13H2,1-2H3,(H2,23,24,26,29). The molecule has 1 fully saturated rings. The fraction of sp³-hybridized carbons (Fsp3) is 0.273. The summed E-state index contributed by atoms with van der Waals surface area (Å²) >= 11 is 0. The lowest BCUT2D eigenvalue weighted by Crippen LogP contribution is -2.37. The van der Waals surface area contributed by atoms with Crippen LogP contribution in [0.4, 0.5) is 16.2 Å². The Labute approximate surface area is 174 Å². The van der Waals surface area contributed by atoms with Crippen LogP contribution in [0.15, 0.2) is 42.5 Å². The molecule has 2 aromatic rings. The Kier molecular flexibility index (Phi) is 6.46. The van der Waals surface area contributed by atoms with Gasteiger partial charge >= 0.3 is 12.0 Å². The molecule has 3 rings (SSSR count). The van der Waals surface area contributed by atoms with Crippen molar-refractivity contribution in [1.29, 1.82) is 0 Å². The third-order valence-corrected chi connectivity index (χ3v) is 4.84. The fourth-order valence-electron chi connectivity index (χ4n) is 3.14. The van der Waals surface area contributed by atoms with Crippen molar-refractivity contribution in [3.05, 3.63) is 59.2 Å². The maximum Gasteiger partial charge on any atom is 0.340 e. The van der Waals surface area contributed by atoms with Gasteiger partial charge < -0.3 is 15.0 Å². The van der Waals surface area contributed by atoms with Crippen LogP contribution in [0.25, 0.3) is 0 Å². The second-order valence-corrected chi connectivity index (χ2v) is 7.04. The number of carbonyl (C=O) groups excluding carboxylic acids is 4. The number of anilines is 2. The van der Waals surface area contributed by atoms with E-state index in [9.17, 15) is 19.2 Å². The Hall–Kier alpha value is -3.68. The molecule has 0 atom stereocenters. The fourth-order valence-corrected chi connectivity index (χ4v) is 3.14. The summed E-state index contributed by atoms with van der Waals surface area (Å²) in [5, 5.41) is 4.67. The van der Waals surface area contributed by atoms with Crippen LogP contribution in [0.2, 0.25) is 0 Å². The largest absolute Gasteiger partial charge is 0.452 e.